The summed E-state index contributed by atoms with van der Waals surface area (Å²) in [5.74, 6) is 0.766. The quantitative estimate of drug-likeness (QED) is 0.771. The average molecular weight is 193 g/mol. The van der Waals surface area contributed by atoms with E-state index < -0.39 is 0 Å². The summed E-state index contributed by atoms with van der Waals surface area (Å²) < 4.78 is 2.10. The Morgan fingerprint density at radius 3 is 3.00 bits per heavy atom. The van der Waals surface area contributed by atoms with Gasteiger partial charge in [0.1, 0.15) is 0 Å². The fraction of sp³-hybridized carbons (Fsp3) is 0.727. The predicted molar refractivity (Wildman–Crippen MR) is 57.3 cm³/mol. The van der Waals surface area contributed by atoms with Crippen LogP contribution in [0.2, 0.25) is 0 Å². The lowest BCUT2D eigenvalue weighted by molar-refractivity contribution is 0.325. The van der Waals surface area contributed by atoms with Crippen LogP contribution in [-0.2, 0) is 6.54 Å². The molecule has 0 bridgehead atoms. The lowest BCUT2D eigenvalue weighted by Crippen LogP contribution is -2.32. The molecule has 1 N–H and O–H groups in total. The van der Waals surface area contributed by atoms with Gasteiger partial charge in [-0.25, -0.2) is 0 Å². The topological polar surface area (TPSA) is 29.9 Å². The van der Waals surface area contributed by atoms with Crippen LogP contribution >= 0.6 is 0 Å². The molecule has 0 aromatic carbocycles. The van der Waals surface area contributed by atoms with E-state index in [1.165, 1.54) is 24.9 Å². The van der Waals surface area contributed by atoms with Crippen molar-refractivity contribution in [3.63, 3.8) is 0 Å². The van der Waals surface area contributed by atoms with E-state index in [1.54, 1.807) is 0 Å². The molecule has 3 heteroatoms. The number of piperidine rings is 1. The van der Waals surface area contributed by atoms with Crippen molar-refractivity contribution in [1.82, 2.24) is 15.1 Å². The Labute approximate surface area is 85.5 Å². The van der Waals surface area contributed by atoms with Crippen LogP contribution in [0.1, 0.15) is 24.1 Å². The van der Waals surface area contributed by atoms with Crippen LogP contribution in [-0.4, -0.2) is 22.9 Å². The second-order valence-corrected chi connectivity index (χ2v) is 4.33. The van der Waals surface area contributed by atoms with E-state index in [-0.39, 0.29) is 0 Å². The Hall–Kier alpha value is -0.830. The van der Waals surface area contributed by atoms with E-state index in [4.69, 9.17) is 0 Å². The highest BCUT2D eigenvalue weighted by atomic mass is 15.3. The van der Waals surface area contributed by atoms with Gasteiger partial charge in [-0.2, -0.15) is 5.10 Å². The van der Waals surface area contributed by atoms with Crippen LogP contribution in [0.4, 0.5) is 0 Å². The van der Waals surface area contributed by atoms with E-state index >= 15 is 0 Å². The van der Waals surface area contributed by atoms with Crippen LogP contribution in [0.3, 0.4) is 0 Å². The summed E-state index contributed by atoms with van der Waals surface area (Å²) in [5.41, 5.74) is 2.46. The smallest absolute Gasteiger partial charge is 0.0622 e. The maximum Gasteiger partial charge on any atom is 0.0622 e. The molecule has 0 saturated carbocycles. The molecule has 2 heterocycles. The highest BCUT2D eigenvalue weighted by Crippen LogP contribution is 2.13. The van der Waals surface area contributed by atoms with Gasteiger partial charge in [-0.1, -0.05) is 0 Å². The molecule has 1 aliphatic heterocycles. The summed E-state index contributed by atoms with van der Waals surface area (Å²) in [6, 6.07) is 0. The molecular weight excluding hydrogens is 174 g/mol. The first-order valence-corrected chi connectivity index (χ1v) is 5.47. The number of aromatic nitrogens is 2. The number of nitrogens with zero attached hydrogens (tertiary/aromatic N) is 2. The maximum absolute atomic E-state index is 4.49. The Kier molecular flexibility index (Phi) is 2.87. The Balaban J connectivity index is 1.95. The fourth-order valence-electron chi connectivity index (χ4n) is 2.06. The summed E-state index contributed by atoms with van der Waals surface area (Å²) >= 11 is 0. The summed E-state index contributed by atoms with van der Waals surface area (Å²) in [4.78, 5) is 0. The molecule has 1 saturated heterocycles. The minimum absolute atomic E-state index is 0.766. The van der Waals surface area contributed by atoms with Crippen molar-refractivity contribution in [1.29, 1.82) is 0 Å². The van der Waals surface area contributed by atoms with E-state index in [9.17, 15) is 0 Å². The van der Waals surface area contributed by atoms with Gasteiger partial charge >= 0.3 is 0 Å². The molecule has 14 heavy (non-hydrogen) atoms. The molecule has 1 atom stereocenters. The minimum Gasteiger partial charge on any atom is -0.316 e. The second kappa shape index (κ2) is 4.13. The number of hydrogen-bond acceptors (Lipinski definition) is 2. The number of hydrogen-bond donors (Lipinski definition) is 1. The summed E-state index contributed by atoms with van der Waals surface area (Å²) in [6.07, 6.45) is 4.80. The molecule has 1 aliphatic rings. The van der Waals surface area contributed by atoms with Crippen molar-refractivity contribution in [3.8, 4) is 0 Å². The SMILES string of the molecule is Cc1cn(CC2CCCNC2)nc1C. The normalized spacial score (nSPS) is 22.6. The first-order chi connectivity index (χ1) is 6.75. The Morgan fingerprint density at radius 1 is 1.57 bits per heavy atom. The molecule has 1 aromatic heterocycles. The van der Waals surface area contributed by atoms with Gasteiger partial charge in [0.15, 0.2) is 0 Å². The van der Waals surface area contributed by atoms with Crippen LogP contribution in [0.15, 0.2) is 6.20 Å². The predicted octanol–water partition coefficient (Wildman–Crippen LogP) is 1.50. The third-order valence-electron chi connectivity index (χ3n) is 3.04. The van der Waals surface area contributed by atoms with E-state index in [1.807, 2.05) is 0 Å². The molecular formula is C11H19N3. The van der Waals surface area contributed by atoms with Crippen molar-refractivity contribution in [3.05, 3.63) is 17.5 Å². The lowest BCUT2D eigenvalue weighted by Gasteiger charge is -2.22. The third kappa shape index (κ3) is 2.15. The molecule has 78 valence electrons. The molecule has 1 aromatic rings. The highest BCUT2D eigenvalue weighted by molar-refractivity contribution is 5.12. The van der Waals surface area contributed by atoms with Gasteiger partial charge in [-0.15, -0.1) is 0 Å². The zero-order valence-electron chi connectivity index (χ0n) is 9.08. The van der Waals surface area contributed by atoms with Crippen molar-refractivity contribution in [2.24, 2.45) is 5.92 Å². The van der Waals surface area contributed by atoms with Gasteiger partial charge in [0.05, 0.1) is 5.69 Å². The zero-order chi connectivity index (χ0) is 9.97. The monoisotopic (exact) mass is 193 g/mol. The van der Waals surface area contributed by atoms with Gasteiger partial charge in [0, 0.05) is 12.7 Å². The zero-order valence-corrected chi connectivity index (χ0v) is 9.08. The highest BCUT2D eigenvalue weighted by Gasteiger charge is 2.13. The van der Waals surface area contributed by atoms with Gasteiger partial charge in [-0.3, -0.25) is 4.68 Å². The summed E-state index contributed by atoms with van der Waals surface area (Å²) in [6.45, 7) is 7.61. The molecule has 0 radical (unpaired) electrons. The molecule has 1 fully saturated rings. The standard InChI is InChI=1S/C11H19N3/c1-9-7-14(13-10(9)2)8-11-4-3-5-12-6-11/h7,11-12H,3-6,8H2,1-2H3. The van der Waals surface area contributed by atoms with Gasteiger partial charge < -0.3 is 5.32 Å². The molecule has 1 unspecified atom stereocenters. The average Bonchev–Trinajstić information content (AvgIpc) is 2.47. The minimum atomic E-state index is 0.766. The number of aryl methyl sites for hydroxylation is 2. The first-order valence-electron chi connectivity index (χ1n) is 5.47. The van der Waals surface area contributed by atoms with Crippen molar-refractivity contribution in [2.45, 2.75) is 33.2 Å². The van der Waals surface area contributed by atoms with Gasteiger partial charge in [0.25, 0.3) is 0 Å². The molecule has 3 nitrogen and oxygen atoms in total. The van der Waals surface area contributed by atoms with Crippen LogP contribution in [0.5, 0.6) is 0 Å². The van der Waals surface area contributed by atoms with E-state index in [2.05, 4.69) is 35.1 Å². The molecule has 0 spiro atoms. The van der Waals surface area contributed by atoms with Gasteiger partial charge in [-0.05, 0) is 51.3 Å². The maximum atomic E-state index is 4.49. The summed E-state index contributed by atoms with van der Waals surface area (Å²) in [5, 5.41) is 7.93. The van der Waals surface area contributed by atoms with Crippen LogP contribution in [0.25, 0.3) is 0 Å². The van der Waals surface area contributed by atoms with Crippen molar-refractivity contribution in [2.75, 3.05) is 13.1 Å². The lowest BCUT2D eigenvalue weighted by atomic mass is 10.00. The fourth-order valence-corrected chi connectivity index (χ4v) is 2.06. The largest absolute Gasteiger partial charge is 0.316 e. The van der Waals surface area contributed by atoms with E-state index in [0.29, 0.717) is 0 Å². The second-order valence-electron chi connectivity index (χ2n) is 4.33. The number of rotatable bonds is 2. The van der Waals surface area contributed by atoms with Gasteiger partial charge in [0.2, 0.25) is 0 Å². The van der Waals surface area contributed by atoms with Crippen LogP contribution < -0.4 is 5.32 Å². The molecule has 2 rings (SSSR count). The summed E-state index contributed by atoms with van der Waals surface area (Å²) in [7, 11) is 0. The van der Waals surface area contributed by atoms with Crippen molar-refractivity contribution < 1.29 is 0 Å². The Morgan fingerprint density at radius 2 is 2.43 bits per heavy atom. The first kappa shape index (κ1) is 9.71. The Bertz CT molecular complexity index is 278. The number of nitrogens with one attached hydrogen (secondary N) is 1. The molecule has 0 amide bonds. The van der Waals surface area contributed by atoms with E-state index in [0.717, 1.165) is 24.7 Å². The van der Waals surface area contributed by atoms with Crippen LogP contribution in [0, 0.1) is 19.8 Å². The third-order valence-corrected chi connectivity index (χ3v) is 3.04. The molecule has 0 aliphatic carbocycles. The van der Waals surface area contributed by atoms with Crippen molar-refractivity contribution >= 4 is 0 Å².